The lowest BCUT2D eigenvalue weighted by Crippen LogP contribution is -2.39. The number of nitrogens with zero attached hydrogens (tertiary/aromatic N) is 1. The fraction of sp³-hybridized carbons (Fsp3) is 0.571. The molecule has 0 aromatic heterocycles. The molecule has 0 aliphatic carbocycles. The molecular weight excluding hydrogens is 260 g/mol. The Labute approximate surface area is 116 Å². The highest BCUT2D eigenvalue weighted by Gasteiger charge is 2.23. The van der Waals surface area contributed by atoms with Crippen LogP contribution in [0.5, 0.6) is 0 Å². The largest absolute Gasteiger partial charge is 0.370 e. The van der Waals surface area contributed by atoms with E-state index in [0.29, 0.717) is 11.4 Å². The standard InChI is InChI=1S/C14H24N2O2S/c1-5-16(11-14(2,3)10-15)12-8-6-7-9-13(12)19(4,17)18/h6-9H,5,10-11,15H2,1-4H3. The van der Waals surface area contributed by atoms with Gasteiger partial charge in [-0.15, -0.1) is 0 Å². The van der Waals surface area contributed by atoms with Crippen LogP contribution in [0, 0.1) is 5.41 Å². The summed E-state index contributed by atoms with van der Waals surface area (Å²) >= 11 is 0. The number of hydrogen-bond donors (Lipinski definition) is 1. The minimum absolute atomic E-state index is 0.0549. The second-order valence-electron chi connectivity index (χ2n) is 5.62. The van der Waals surface area contributed by atoms with Gasteiger partial charge in [0.1, 0.15) is 0 Å². The zero-order valence-electron chi connectivity index (χ0n) is 12.2. The maximum absolute atomic E-state index is 11.9. The number of rotatable bonds is 6. The first-order valence-corrected chi connectivity index (χ1v) is 8.34. The first kappa shape index (κ1) is 16.0. The van der Waals surface area contributed by atoms with Gasteiger partial charge in [-0.2, -0.15) is 0 Å². The lowest BCUT2D eigenvalue weighted by molar-refractivity contribution is 0.379. The maximum Gasteiger partial charge on any atom is 0.177 e. The molecule has 108 valence electrons. The highest BCUT2D eigenvalue weighted by Crippen LogP contribution is 2.27. The van der Waals surface area contributed by atoms with Crippen LogP contribution in [0.25, 0.3) is 0 Å². The Morgan fingerprint density at radius 2 is 1.84 bits per heavy atom. The van der Waals surface area contributed by atoms with Crippen molar-refractivity contribution in [2.45, 2.75) is 25.7 Å². The minimum atomic E-state index is -3.22. The molecule has 0 amide bonds. The van der Waals surface area contributed by atoms with E-state index in [1.165, 1.54) is 6.26 Å². The number of para-hydroxylation sites is 1. The Morgan fingerprint density at radius 1 is 1.26 bits per heavy atom. The first-order chi connectivity index (χ1) is 8.71. The van der Waals surface area contributed by atoms with Gasteiger partial charge in [-0.1, -0.05) is 26.0 Å². The summed E-state index contributed by atoms with van der Waals surface area (Å²) in [5.74, 6) is 0. The predicted octanol–water partition coefficient (Wildman–Crippen LogP) is 1.90. The number of nitrogens with two attached hydrogens (primary N) is 1. The fourth-order valence-corrected chi connectivity index (χ4v) is 2.88. The second-order valence-corrected chi connectivity index (χ2v) is 7.61. The van der Waals surface area contributed by atoms with Gasteiger partial charge in [-0.05, 0) is 31.0 Å². The molecule has 0 aliphatic heterocycles. The molecule has 0 radical (unpaired) electrons. The van der Waals surface area contributed by atoms with Crippen LogP contribution in [0.4, 0.5) is 5.69 Å². The van der Waals surface area contributed by atoms with Crippen molar-refractivity contribution in [1.82, 2.24) is 0 Å². The molecule has 1 rings (SSSR count). The van der Waals surface area contributed by atoms with Crippen molar-refractivity contribution in [3.63, 3.8) is 0 Å². The van der Waals surface area contributed by atoms with Crippen LogP contribution in [0.1, 0.15) is 20.8 Å². The molecule has 0 aliphatic rings. The lowest BCUT2D eigenvalue weighted by Gasteiger charge is -2.33. The van der Waals surface area contributed by atoms with Crippen molar-refractivity contribution in [3.05, 3.63) is 24.3 Å². The normalized spacial score (nSPS) is 12.5. The number of anilines is 1. The summed E-state index contributed by atoms with van der Waals surface area (Å²) in [5.41, 5.74) is 6.47. The van der Waals surface area contributed by atoms with E-state index in [2.05, 4.69) is 18.7 Å². The third-order valence-electron chi connectivity index (χ3n) is 3.16. The molecule has 0 heterocycles. The summed E-state index contributed by atoms with van der Waals surface area (Å²) in [5, 5.41) is 0. The fourth-order valence-electron chi connectivity index (χ4n) is 1.98. The monoisotopic (exact) mass is 284 g/mol. The number of sulfone groups is 1. The average molecular weight is 284 g/mol. The molecule has 0 atom stereocenters. The lowest BCUT2D eigenvalue weighted by atomic mass is 9.93. The molecule has 0 fully saturated rings. The van der Waals surface area contributed by atoms with Crippen molar-refractivity contribution in [1.29, 1.82) is 0 Å². The number of hydrogen-bond acceptors (Lipinski definition) is 4. The molecule has 0 saturated heterocycles. The molecule has 1 aromatic carbocycles. The van der Waals surface area contributed by atoms with Crippen LogP contribution >= 0.6 is 0 Å². The van der Waals surface area contributed by atoms with Gasteiger partial charge < -0.3 is 10.6 Å². The Bertz CT molecular complexity index is 524. The quantitative estimate of drug-likeness (QED) is 0.866. The van der Waals surface area contributed by atoms with Gasteiger partial charge in [-0.25, -0.2) is 8.42 Å². The Morgan fingerprint density at radius 3 is 2.32 bits per heavy atom. The zero-order chi connectivity index (χ0) is 14.7. The van der Waals surface area contributed by atoms with Crippen molar-refractivity contribution >= 4 is 15.5 Å². The third kappa shape index (κ3) is 4.21. The first-order valence-electron chi connectivity index (χ1n) is 6.45. The smallest absolute Gasteiger partial charge is 0.177 e. The van der Waals surface area contributed by atoms with Crippen LogP contribution in [0.3, 0.4) is 0 Å². The Balaban J connectivity index is 3.20. The Kier molecular flexibility index (Phi) is 4.98. The van der Waals surface area contributed by atoms with Crippen molar-refractivity contribution in [2.75, 3.05) is 30.8 Å². The summed E-state index contributed by atoms with van der Waals surface area (Å²) in [6.07, 6.45) is 1.24. The highest BCUT2D eigenvalue weighted by atomic mass is 32.2. The molecule has 1 aromatic rings. The van der Waals surface area contributed by atoms with E-state index < -0.39 is 9.84 Å². The van der Waals surface area contributed by atoms with Gasteiger partial charge in [0.25, 0.3) is 0 Å². The van der Waals surface area contributed by atoms with Crippen LogP contribution in [-0.4, -0.2) is 34.3 Å². The second kappa shape index (κ2) is 5.92. The molecule has 0 spiro atoms. The van der Waals surface area contributed by atoms with E-state index >= 15 is 0 Å². The van der Waals surface area contributed by atoms with Crippen molar-refractivity contribution in [2.24, 2.45) is 11.1 Å². The molecular formula is C14H24N2O2S. The molecule has 5 heteroatoms. The summed E-state index contributed by atoms with van der Waals surface area (Å²) < 4.78 is 23.7. The molecule has 2 N–H and O–H groups in total. The summed E-state index contributed by atoms with van der Waals surface area (Å²) in [6, 6.07) is 7.12. The molecule has 4 nitrogen and oxygen atoms in total. The predicted molar refractivity (Wildman–Crippen MR) is 80.3 cm³/mol. The summed E-state index contributed by atoms with van der Waals surface area (Å²) in [4.78, 5) is 2.45. The minimum Gasteiger partial charge on any atom is -0.370 e. The van der Waals surface area contributed by atoms with Gasteiger partial charge in [0, 0.05) is 19.3 Å². The highest BCUT2D eigenvalue weighted by molar-refractivity contribution is 7.90. The van der Waals surface area contributed by atoms with Gasteiger partial charge in [0.2, 0.25) is 0 Å². The average Bonchev–Trinajstić information content (AvgIpc) is 2.35. The van der Waals surface area contributed by atoms with Crippen molar-refractivity contribution in [3.8, 4) is 0 Å². The topological polar surface area (TPSA) is 63.4 Å². The SMILES string of the molecule is CCN(CC(C)(C)CN)c1ccccc1S(C)(=O)=O. The van der Waals surface area contributed by atoms with E-state index in [1.807, 2.05) is 19.1 Å². The summed E-state index contributed by atoms with van der Waals surface area (Å²) in [6.45, 7) is 8.22. The van der Waals surface area contributed by atoms with E-state index in [1.54, 1.807) is 12.1 Å². The van der Waals surface area contributed by atoms with Crippen LogP contribution in [0.2, 0.25) is 0 Å². The molecule has 0 saturated carbocycles. The maximum atomic E-state index is 11.9. The van der Waals surface area contributed by atoms with E-state index in [4.69, 9.17) is 5.73 Å². The summed E-state index contributed by atoms with van der Waals surface area (Å²) in [7, 11) is -3.22. The third-order valence-corrected chi connectivity index (χ3v) is 4.30. The zero-order valence-corrected chi connectivity index (χ0v) is 13.0. The van der Waals surface area contributed by atoms with Gasteiger partial charge >= 0.3 is 0 Å². The van der Waals surface area contributed by atoms with E-state index in [0.717, 1.165) is 18.8 Å². The van der Waals surface area contributed by atoms with E-state index in [9.17, 15) is 8.42 Å². The number of benzene rings is 1. The van der Waals surface area contributed by atoms with Crippen LogP contribution in [-0.2, 0) is 9.84 Å². The van der Waals surface area contributed by atoms with E-state index in [-0.39, 0.29) is 5.41 Å². The van der Waals surface area contributed by atoms with Gasteiger partial charge in [-0.3, -0.25) is 0 Å². The molecule has 0 unspecified atom stereocenters. The molecule has 19 heavy (non-hydrogen) atoms. The Hall–Kier alpha value is -1.07. The van der Waals surface area contributed by atoms with Crippen LogP contribution < -0.4 is 10.6 Å². The van der Waals surface area contributed by atoms with Gasteiger partial charge in [0.15, 0.2) is 9.84 Å². The van der Waals surface area contributed by atoms with Gasteiger partial charge in [0.05, 0.1) is 10.6 Å². The van der Waals surface area contributed by atoms with Crippen molar-refractivity contribution < 1.29 is 8.42 Å². The van der Waals surface area contributed by atoms with Crippen LogP contribution in [0.15, 0.2) is 29.2 Å². The molecule has 0 bridgehead atoms.